The van der Waals surface area contributed by atoms with Crippen molar-refractivity contribution in [2.75, 3.05) is 43.1 Å². The second-order valence-corrected chi connectivity index (χ2v) is 6.67. The zero-order valence-electron chi connectivity index (χ0n) is 16.5. The number of aromatic nitrogens is 2. The molecule has 2 heterocycles. The van der Waals surface area contributed by atoms with Gasteiger partial charge in [-0.05, 0) is 24.3 Å². The Morgan fingerprint density at radius 1 is 0.900 bits per heavy atom. The molecule has 0 radical (unpaired) electrons. The lowest BCUT2D eigenvalue weighted by molar-refractivity contribution is -0.385. The van der Waals surface area contributed by atoms with Crippen LogP contribution < -0.4 is 19.3 Å². The SMILES string of the molecule is COc1ccccc1Oc1ncnc(N2CCN(c3ccccc3)CC2)c1[N+](=O)[O-]. The van der Waals surface area contributed by atoms with Gasteiger partial charge in [-0.15, -0.1) is 0 Å². The third kappa shape index (κ3) is 3.95. The molecule has 3 aromatic rings. The fourth-order valence-corrected chi connectivity index (χ4v) is 3.44. The molecule has 0 aliphatic carbocycles. The molecule has 1 fully saturated rings. The fourth-order valence-electron chi connectivity index (χ4n) is 3.44. The summed E-state index contributed by atoms with van der Waals surface area (Å²) in [6, 6.07) is 17.0. The van der Waals surface area contributed by atoms with E-state index in [-0.39, 0.29) is 17.4 Å². The van der Waals surface area contributed by atoms with Crippen LogP contribution in [0.2, 0.25) is 0 Å². The van der Waals surface area contributed by atoms with E-state index in [9.17, 15) is 10.1 Å². The van der Waals surface area contributed by atoms with E-state index in [2.05, 4.69) is 27.0 Å². The maximum Gasteiger partial charge on any atom is 0.373 e. The van der Waals surface area contributed by atoms with E-state index in [1.807, 2.05) is 23.1 Å². The number of nitro groups is 1. The number of anilines is 2. The van der Waals surface area contributed by atoms with E-state index in [1.165, 1.54) is 13.4 Å². The molecule has 0 unspecified atom stereocenters. The molecular weight excluding hydrogens is 386 g/mol. The van der Waals surface area contributed by atoms with Gasteiger partial charge in [0.2, 0.25) is 5.82 Å². The molecule has 0 bridgehead atoms. The molecule has 2 aromatic carbocycles. The lowest BCUT2D eigenvalue weighted by atomic mass is 10.2. The summed E-state index contributed by atoms with van der Waals surface area (Å²) < 4.78 is 11.0. The number of piperazine rings is 1. The Morgan fingerprint density at radius 2 is 1.53 bits per heavy atom. The summed E-state index contributed by atoms with van der Waals surface area (Å²) >= 11 is 0. The number of ether oxygens (including phenoxy) is 2. The first-order chi connectivity index (χ1) is 14.7. The summed E-state index contributed by atoms with van der Waals surface area (Å²) in [6.45, 7) is 2.66. The smallest absolute Gasteiger partial charge is 0.373 e. The van der Waals surface area contributed by atoms with Crippen LogP contribution >= 0.6 is 0 Å². The number of hydrogen-bond donors (Lipinski definition) is 0. The van der Waals surface area contributed by atoms with E-state index in [1.54, 1.807) is 24.3 Å². The second-order valence-electron chi connectivity index (χ2n) is 6.67. The average Bonchev–Trinajstić information content (AvgIpc) is 2.80. The van der Waals surface area contributed by atoms with Gasteiger partial charge in [-0.2, -0.15) is 4.98 Å². The van der Waals surface area contributed by atoms with Gasteiger partial charge in [0.05, 0.1) is 12.0 Å². The number of hydrogen-bond acceptors (Lipinski definition) is 8. The van der Waals surface area contributed by atoms with Crippen molar-refractivity contribution in [3.8, 4) is 17.4 Å². The van der Waals surface area contributed by atoms with Gasteiger partial charge in [0, 0.05) is 31.9 Å². The summed E-state index contributed by atoms with van der Waals surface area (Å²) in [5.74, 6) is 0.956. The van der Waals surface area contributed by atoms with E-state index in [0.717, 1.165) is 18.8 Å². The average molecular weight is 407 g/mol. The first kappa shape index (κ1) is 19.4. The van der Waals surface area contributed by atoms with Gasteiger partial charge in [-0.1, -0.05) is 30.3 Å². The van der Waals surface area contributed by atoms with Crippen LogP contribution in [0, 0.1) is 10.1 Å². The minimum atomic E-state index is -0.496. The highest BCUT2D eigenvalue weighted by Gasteiger charge is 2.31. The maximum absolute atomic E-state index is 11.9. The topological polar surface area (TPSA) is 93.9 Å². The van der Waals surface area contributed by atoms with E-state index >= 15 is 0 Å². The molecule has 30 heavy (non-hydrogen) atoms. The van der Waals surface area contributed by atoms with Crippen LogP contribution in [0.5, 0.6) is 17.4 Å². The molecule has 1 saturated heterocycles. The monoisotopic (exact) mass is 407 g/mol. The summed E-state index contributed by atoms with van der Waals surface area (Å²) in [5, 5.41) is 11.9. The van der Waals surface area contributed by atoms with Gasteiger partial charge in [0.25, 0.3) is 0 Å². The maximum atomic E-state index is 11.9. The third-order valence-electron chi connectivity index (χ3n) is 4.93. The van der Waals surface area contributed by atoms with Crippen molar-refractivity contribution in [2.45, 2.75) is 0 Å². The minimum absolute atomic E-state index is 0.111. The number of methoxy groups -OCH3 is 1. The zero-order chi connectivity index (χ0) is 20.9. The second kappa shape index (κ2) is 8.64. The van der Waals surface area contributed by atoms with E-state index in [4.69, 9.17) is 9.47 Å². The quantitative estimate of drug-likeness (QED) is 0.453. The Kier molecular flexibility index (Phi) is 5.60. The molecule has 0 amide bonds. The number of nitrogens with zero attached hydrogens (tertiary/aromatic N) is 5. The van der Waals surface area contributed by atoms with Crippen molar-refractivity contribution in [3.05, 3.63) is 71.0 Å². The van der Waals surface area contributed by atoms with Gasteiger partial charge in [-0.3, -0.25) is 10.1 Å². The molecule has 9 nitrogen and oxygen atoms in total. The Balaban J connectivity index is 1.59. The number of para-hydroxylation sites is 3. The van der Waals surface area contributed by atoms with Crippen molar-refractivity contribution in [3.63, 3.8) is 0 Å². The summed E-state index contributed by atoms with van der Waals surface area (Å²) in [5.41, 5.74) is 0.881. The lowest BCUT2D eigenvalue weighted by Gasteiger charge is -2.36. The van der Waals surface area contributed by atoms with Gasteiger partial charge in [0.15, 0.2) is 11.5 Å². The number of rotatable bonds is 6. The summed E-state index contributed by atoms with van der Waals surface area (Å²) in [7, 11) is 1.51. The van der Waals surface area contributed by atoms with Gasteiger partial charge in [0.1, 0.15) is 6.33 Å². The molecule has 1 aliphatic heterocycles. The third-order valence-corrected chi connectivity index (χ3v) is 4.93. The van der Waals surface area contributed by atoms with Crippen LogP contribution in [0.3, 0.4) is 0 Å². The summed E-state index contributed by atoms with van der Waals surface area (Å²) in [6.07, 6.45) is 1.29. The molecular formula is C21H21N5O4. The van der Waals surface area contributed by atoms with Crippen LogP contribution in [0.15, 0.2) is 60.9 Å². The highest BCUT2D eigenvalue weighted by molar-refractivity contribution is 5.64. The zero-order valence-corrected chi connectivity index (χ0v) is 16.5. The predicted octanol–water partition coefficient (Wildman–Crippen LogP) is 3.51. The van der Waals surface area contributed by atoms with Crippen molar-refractivity contribution < 1.29 is 14.4 Å². The largest absolute Gasteiger partial charge is 0.493 e. The highest BCUT2D eigenvalue weighted by Crippen LogP contribution is 2.39. The highest BCUT2D eigenvalue weighted by atomic mass is 16.6. The predicted molar refractivity (Wildman–Crippen MR) is 113 cm³/mol. The summed E-state index contributed by atoms with van der Waals surface area (Å²) in [4.78, 5) is 23.8. The fraction of sp³-hybridized carbons (Fsp3) is 0.238. The van der Waals surface area contributed by atoms with Crippen molar-refractivity contribution >= 4 is 17.2 Å². The molecule has 0 saturated carbocycles. The van der Waals surface area contributed by atoms with Crippen LogP contribution in [-0.4, -0.2) is 48.2 Å². The lowest BCUT2D eigenvalue weighted by Crippen LogP contribution is -2.47. The van der Waals surface area contributed by atoms with E-state index < -0.39 is 4.92 Å². The molecule has 1 aromatic heterocycles. The molecule has 9 heteroatoms. The number of benzene rings is 2. The first-order valence-corrected chi connectivity index (χ1v) is 9.52. The molecule has 0 atom stereocenters. The Labute approximate surface area is 173 Å². The Morgan fingerprint density at radius 3 is 2.20 bits per heavy atom. The Bertz CT molecular complexity index is 1020. The van der Waals surface area contributed by atoms with Crippen molar-refractivity contribution in [2.24, 2.45) is 0 Å². The normalized spacial score (nSPS) is 13.8. The molecule has 4 rings (SSSR count). The van der Waals surface area contributed by atoms with Gasteiger partial charge >= 0.3 is 11.6 Å². The van der Waals surface area contributed by atoms with Crippen molar-refractivity contribution in [1.29, 1.82) is 0 Å². The molecule has 0 N–H and O–H groups in total. The van der Waals surface area contributed by atoms with Crippen LogP contribution in [0.4, 0.5) is 17.2 Å². The molecule has 1 aliphatic rings. The van der Waals surface area contributed by atoms with Gasteiger partial charge < -0.3 is 19.3 Å². The van der Waals surface area contributed by atoms with Crippen molar-refractivity contribution in [1.82, 2.24) is 9.97 Å². The first-order valence-electron chi connectivity index (χ1n) is 9.52. The van der Waals surface area contributed by atoms with Crippen LogP contribution in [-0.2, 0) is 0 Å². The van der Waals surface area contributed by atoms with Crippen LogP contribution in [0.1, 0.15) is 0 Å². The van der Waals surface area contributed by atoms with Gasteiger partial charge in [-0.25, -0.2) is 4.98 Å². The van der Waals surface area contributed by atoms with E-state index in [0.29, 0.717) is 24.6 Å². The van der Waals surface area contributed by atoms with Crippen LogP contribution in [0.25, 0.3) is 0 Å². The molecule has 0 spiro atoms. The standard InChI is InChI=1S/C21H21N5O4/c1-29-17-9-5-6-10-18(17)30-21-19(26(27)28)20(22-15-23-21)25-13-11-24(12-14-25)16-7-3-2-4-8-16/h2-10,15H,11-14H2,1H3. The molecule has 154 valence electrons. The Hall–Kier alpha value is -3.88. The minimum Gasteiger partial charge on any atom is -0.493 e.